The van der Waals surface area contributed by atoms with E-state index < -0.39 is 0 Å². The lowest BCUT2D eigenvalue weighted by Gasteiger charge is -2.41. The molecule has 6 heteroatoms. The van der Waals surface area contributed by atoms with Crippen LogP contribution in [0.3, 0.4) is 0 Å². The molecule has 0 spiro atoms. The summed E-state index contributed by atoms with van der Waals surface area (Å²) >= 11 is 0. The molecule has 0 bridgehead atoms. The van der Waals surface area contributed by atoms with Crippen molar-refractivity contribution in [1.29, 1.82) is 0 Å². The monoisotopic (exact) mass is 362 g/mol. The molecule has 1 N–H and O–H groups in total. The summed E-state index contributed by atoms with van der Waals surface area (Å²) in [6.45, 7) is 3.23. The highest BCUT2D eigenvalue weighted by atomic mass is 16.5. The van der Waals surface area contributed by atoms with Crippen LogP contribution >= 0.6 is 0 Å². The minimum atomic E-state index is -0.326. The second-order valence-corrected chi connectivity index (χ2v) is 6.61. The third kappa shape index (κ3) is 3.71. The van der Waals surface area contributed by atoms with E-state index in [4.69, 9.17) is 4.74 Å². The Labute approximate surface area is 158 Å². The van der Waals surface area contributed by atoms with Crippen molar-refractivity contribution in [2.75, 3.05) is 31.8 Å². The molecule has 0 aliphatic carbocycles. The molecular weight excluding hydrogens is 340 g/mol. The molecule has 2 aliphatic heterocycles. The molecule has 1 aromatic carbocycles. The van der Waals surface area contributed by atoms with Gasteiger partial charge in [-0.05, 0) is 35.9 Å². The number of hydrogen-bond acceptors (Lipinski definition) is 6. The fraction of sp³-hybridized carbons (Fsp3) is 0.238. The van der Waals surface area contributed by atoms with Gasteiger partial charge in [-0.15, -0.1) is 0 Å². The number of pyridine rings is 1. The fourth-order valence-corrected chi connectivity index (χ4v) is 3.49. The van der Waals surface area contributed by atoms with Crippen LogP contribution in [-0.4, -0.2) is 42.7 Å². The number of aromatic nitrogens is 1. The molecule has 6 nitrogen and oxygen atoms in total. The van der Waals surface area contributed by atoms with Crippen molar-refractivity contribution in [1.82, 2.24) is 15.2 Å². The van der Waals surface area contributed by atoms with Crippen LogP contribution in [0.1, 0.15) is 15.9 Å². The van der Waals surface area contributed by atoms with Gasteiger partial charge in [0, 0.05) is 43.3 Å². The van der Waals surface area contributed by atoms with Crippen molar-refractivity contribution in [3.8, 4) is 0 Å². The summed E-state index contributed by atoms with van der Waals surface area (Å²) < 4.78 is 4.87. The van der Waals surface area contributed by atoms with Crippen molar-refractivity contribution < 1.29 is 9.53 Å². The van der Waals surface area contributed by atoms with E-state index in [-0.39, 0.29) is 5.97 Å². The number of carbonyl (C=O) groups is 1. The molecule has 0 unspecified atom stereocenters. The Balaban J connectivity index is 1.65. The third-order valence-corrected chi connectivity index (χ3v) is 4.75. The van der Waals surface area contributed by atoms with Crippen LogP contribution in [0.2, 0.25) is 0 Å². The normalized spacial score (nSPS) is 16.7. The van der Waals surface area contributed by atoms with E-state index in [1.54, 1.807) is 6.07 Å². The minimum absolute atomic E-state index is 0.326. The maximum atomic E-state index is 11.9. The van der Waals surface area contributed by atoms with Crippen molar-refractivity contribution >= 4 is 11.7 Å². The van der Waals surface area contributed by atoms with Crippen LogP contribution in [0.4, 0.5) is 5.69 Å². The molecule has 0 saturated heterocycles. The lowest BCUT2D eigenvalue weighted by Crippen LogP contribution is -2.48. The molecular formula is C21H22N4O2. The number of carbonyl (C=O) groups excluding carboxylic acids is 1. The molecule has 2 aliphatic rings. The Morgan fingerprint density at radius 2 is 2.11 bits per heavy atom. The first-order valence-electron chi connectivity index (χ1n) is 8.95. The summed E-state index contributed by atoms with van der Waals surface area (Å²) in [5, 5.41) is 3.48. The molecule has 0 atom stereocenters. The van der Waals surface area contributed by atoms with Crippen molar-refractivity contribution in [3.05, 3.63) is 83.5 Å². The summed E-state index contributed by atoms with van der Waals surface area (Å²) in [6, 6.07) is 11.7. The third-order valence-electron chi connectivity index (χ3n) is 4.75. The summed E-state index contributed by atoms with van der Waals surface area (Å²) in [6.07, 6.45) is 7.97. The van der Waals surface area contributed by atoms with Gasteiger partial charge in [0.05, 0.1) is 19.3 Å². The van der Waals surface area contributed by atoms with E-state index in [0.29, 0.717) is 5.56 Å². The Kier molecular flexibility index (Phi) is 4.89. The number of nitrogens with one attached hydrogen (secondary N) is 1. The molecule has 0 saturated carbocycles. The smallest absolute Gasteiger partial charge is 0.337 e. The van der Waals surface area contributed by atoms with Gasteiger partial charge in [-0.3, -0.25) is 9.88 Å². The van der Waals surface area contributed by atoms with Crippen LogP contribution in [0.25, 0.3) is 0 Å². The number of rotatable bonds is 4. The van der Waals surface area contributed by atoms with Crippen LogP contribution in [0.5, 0.6) is 0 Å². The lowest BCUT2D eigenvalue weighted by atomic mass is 10.1. The number of dihydropyridines is 1. The number of esters is 1. The van der Waals surface area contributed by atoms with E-state index in [2.05, 4.69) is 32.3 Å². The zero-order chi connectivity index (χ0) is 18.6. The molecule has 138 valence electrons. The zero-order valence-corrected chi connectivity index (χ0v) is 15.3. The second kappa shape index (κ2) is 7.63. The van der Waals surface area contributed by atoms with E-state index >= 15 is 0 Å². The van der Waals surface area contributed by atoms with Crippen LogP contribution in [0.15, 0.2) is 72.3 Å². The molecule has 0 amide bonds. The number of benzene rings is 1. The van der Waals surface area contributed by atoms with Crippen molar-refractivity contribution in [3.63, 3.8) is 0 Å². The van der Waals surface area contributed by atoms with Crippen LogP contribution in [-0.2, 0) is 11.3 Å². The quantitative estimate of drug-likeness (QED) is 0.844. The van der Waals surface area contributed by atoms with Gasteiger partial charge in [-0.1, -0.05) is 18.2 Å². The number of ether oxygens (including phenoxy) is 1. The number of anilines is 1. The van der Waals surface area contributed by atoms with Crippen LogP contribution < -0.4 is 10.2 Å². The maximum absolute atomic E-state index is 11.9. The highest BCUT2D eigenvalue weighted by Crippen LogP contribution is 2.28. The first-order chi connectivity index (χ1) is 13.2. The predicted octanol–water partition coefficient (Wildman–Crippen LogP) is 2.52. The summed E-state index contributed by atoms with van der Waals surface area (Å²) in [7, 11) is 1.40. The number of hydrogen-bond donors (Lipinski definition) is 1. The minimum Gasteiger partial charge on any atom is -0.465 e. The molecule has 1 aromatic heterocycles. The molecule has 2 aromatic rings. The highest BCUT2D eigenvalue weighted by Gasteiger charge is 2.26. The summed E-state index contributed by atoms with van der Waals surface area (Å²) in [5.74, 6) is 0.777. The predicted molar refractivity (Wildman–Crippen MR) is 104 cm³/mol. The van der Waals surface area contributed by atoms with Gasteiger partial charge in [-0.2, -0.15) is 0 Å². The van der Waals surface area contributed by atoms with Gasteiger partial charge in [0.2, 0.25) is 0 Å². The molecule has 27 heavy (non-hydrogen) atoms. The summed E-state index contributed by atoms with van der Waals surface area (Å²) in [5.41, 5.74) is 3.98. The highest BCUT2D eigenvalue weighted by molar-refractivity contribution is 5.90. The van der Waals surface area contributed by atoms with E-state index in [0.717, 1.165) is 37.8 Å². The number of nitrogens with zero attached hydrogens (tertiary/aromatic N) is 3. The van der Waals surface area contributed by atoms with Gasteiger partial charge < -0.3 is 15.0 Å². The average Bonchev–Trinajstić information content (AvgIpc) is 2.73. The van der Waals surface area contributed by atoms with Gasteiger partial charge in [0.15, 0.2) is 0 Å². The topological polar surface area (TPSA) is 57.7 Å². The maximum Gasteiger partial charge on any atom is 0.337 e. The summed E-state index contributed by atoms with van der Waals surface area (Å²) in [4.78, 5) is 20.6. The van der Waals surface area contributed by atoms with Gasteiger partial charge in [0.25, 0.3) is 0 Å². The lowest BCUT2D eigenvalue weighted by molar-refractivity contribution is 0.0600. The standard InChI is InChI=1S/C21H22N4O2/c1-27-21(26)17-4-2-6-19(12-17)25-15-24(13-16-7-10-22-11-8-16)14-18-5-3-9-23-20(18)25/h2-8,10-12,23H,9,13-15H2,1H3. The number of methoxy groups -OCH3 is 1. The Bertz CT molecular complexity index is 892. The van der Waals surface area contributed by atoms with Gasteiger partial charge in [0.1, 0.15) is 5.82 Å². The largest absolute Gasteiger partial charge is 0.465 e. The van der Waals surface area contributed by atoms with Crippen LogP contribution in [0, 0.1) is 0 Å². The van der Waals surface area contributed by atoms with Gasteiger partial charge in [-0.25, -0.2) is 4.79 Å². The van der Waals surface area contributed by atoms with E-state index in [1.807, 2.05) is 42.7 Å². The van der Waals surface area contributed by atoms with E-state index in [1.165, 1.54) is 18.2 Å². The SMILES string of the molecule is COC(=O)c1cccc(N2CN(Cc3ccncc3)CC3=C2NCC=C3)c1. The van der Waals surface area contributed by atoms with Crippen molar-refractivity contribution in [2.45, 2.75) is 6.54 Å². The van der Waals surface area contributed by atoms with E-state index in [9.17, 15) is 4.79 Å². The Morgan fingerprint density at radius 3 is 2.93 bits per heavy atom. The zero-order valence-electron chi connectivity index (χ0n) is 15.3. The average molecular weight is 362 g/mol. The Hall–Kier alpha value is -3.12. The molecule has 3 heterocycles. The first kappa shape index (κ1) is 17.3. The second-order valence-electron chi connectivity index (χ2n) is 6.61. The fourth-order valence-electron chi connectivity index (χ4n) is 3.49. The first-order valence-corrected chi connectivity index (χ1v) is 8.95. The Morgan fingerprint density at radius 1 is 1.26 bits per heavy atom. The molecule has 4 rings (SSSR count). The molecule has 0 radical (unpaired) electrons. The van der Waals surface area contributed by atoms with Gasteiger partial charge >= 0.3 is 5.97 Å². The van der Waals surface area contributed by atoms with Crippen molar-refractivity contribution in [2.24, 2.45) is 0 Å². The molecule has 0 fully saturated rings.